The van der Waals surface area contributed by atoms with E-state index in [0.717, 1.165) is 30.5 Å². The van der Waals surface area contributed by atoms with E-state index >= 15 is 0 Å². The SMILES string of the molecule is O=C(O)c1cccc(C2C3=C(C=[N+]2c2ccccc2)CC(OCc2ccccc2)CC3)c1. The van der Waals surface area contributed by atoms with Crippen LogP contribution >= 0.6 is 0 Å². The minimum absolute atomic E-state index is 0.0155. The van der Waals surface area contributed by atoms with Crippen LogP contribution in [0.25, 0.3) is 0 Å². The Kier molecular flexibility index (Phi) is 5.70. The van der Waals surface area contributed by atoms with Crippen LogP contribution in [0.1, 0.15) is 46.8 Å². The highest BCUT2D eigenvalue weighted by atomic mass is 16.5. The number of para-hydroxylation sites is 1. The number of carboxylic acid groups (broad SMARTS) is 1. The van der Waals surface area contributed by atoms with Gasteiger partial charge in [0, 0.05) is 35.3 Å². The fraction of sp³-hybridized carbons (Fsp3) is 0.214. The van der Waals surface area contributed by atoms with Gasteiger partial charge in [-0.1, -0.05) is 60.7 Å². The second kappa shape index (κ2) is 8.93. The van der Waals surface area contributed by atoms with Crippen LogP contribution in [0, 0.1) is 0 Å². The average Bonchev–Trinajstić information content (AvgIpc) is 3.23. The van der Waals surface area contributed by atoms with Crippen molar-refractivity contribution >= 4 is 17.9 Å². The van der Waals surface area contributed by atoms with Crippen molar-refractivity contribution in [3.8, 4) is 0 Å². The minimum Gasteiger partial charge on any atom is -0.478 e. The molecule has 0 spiro atoms. The molecule has 2 unspecified atom stereocenters. The van der Waals surface area contributed by atoms with E-state index in [9.17, 15) is 9.90 Å². The monoisotopic (exact) mass is 424 g/mol. The van der Waals surface area contributed by atoms with Gasteiger partial charge in [0.25, 0.3) is 0 Å². The molecule has 0 saturated heterocycles. The molecule has 32 heavy (non-hydrogen) atoms. The summed E-state index contributed by atoms with van der Waals surface area (Å²) in [5.41, 5.74) is 6.31. The fourth-order valence-corrected chi connectivity index (χ4v) is 4.77. The molecule has 160 valence electrons. The second-order valence-electron chi connectivity index (χ2n) is 8.42. The van der Waals surface area contributed by atoms with Crippen LogP contribution in [0.15, 0.2) is 96.1 Å². The van der Waals surface area contributed by atoms with E-state index in [0.29, 0.717) is 12.2 Å². The lowest BCUT2D eigenvalue weighted by atomic mass is 9.85. The molecular formula is C28H26NO3+. The number of hydrogen-bond acceptors (Lipinski definition) is 2. The molecule has 0 saturated carbocycles. The number of nitrogens with zero attached hydrogens (tertiary/aromatic N) is 1. The van der Waals surface area contributed by atoms with Crippen molar-refractivity contribution < 1.29 is 19.2 Å². The molecule has 3 aromatic rings. The smallest absolute Gasteiger partial charge is 0.335 e. The second-order valence-corrected chi connectivity index (χ2v) is 8.42. The molecule has 0 amide bonds. The molecule has 0 radical (unpaired) electrons. The van der Waals surface area contributed by atoms with E-state index in [1.807, 2.05) is 54.6 Å². The predicted molar refractivity (Wildman–Crippen MR) is 124 cm³/mol. The third kappa shape index (κ3) is 4.14. The van der Waals surface area contributed by atoms with Gasteiger partial charge in [-0.2, -0.15) is 4.58 Å². The number of carboxylic acids is 1. The van der Waals surface area contributed by atoms with E-state index in [-0.39, 0.29) is 12.1 Å². The quantitative estimate of drug-likeness (QED) is 0.500. The summed E-state index contributed by atoms with van der Waals surface area (Å²) in [6.45, 7) is 0.626. The van der Waals surface area contributed by atoms with Crippen LogP contribution in [0.5, 0.6) is 0 Å². The van der Waals surface area contributed by atoms with E-state index < -0.39 is 5.97 Å². The first kappa shape index (κ1) is 20.4. The lowest BCUT2D eigenvalue weighted by Gasteiger charge is -2.24. The Bertz CT molecular complexity index is 1180. The number of benzene rings is 3. The Hall–Kier alpha value is -3.50. The van der Waals surface area contributed by atoms with Crippen molar-refractivity contribution in [1.82, 2.24) is 0 Å². The summed E-state index contributed by atoms with van der Waals surface area (Å²) in [5, 5.41) is 9.51. The summed E-state index contributed by atoms with van der Waals surface area (Å²) >= 11 is 0. The maximum atomic E-state index is 11.6. The molecule has 2 aliphatic rings. The van der Waals surface area contributed by atoms with Gasteiger partial charge in [0.2, 0.25) is 11.7 Å². The number of rotatable bonds is 6. The molecule has 2 atom stereocenters. The molecule has 1 aliphatic carbocycles. The molecule has 3 aromatic carbocycles. The first-order chi connectivity index (χ1) is 15.7. The third-order valence-electron chi connectivity index (χ3n) is 6.33. The lowest BCUT2D eigenvalue weighted by molar-refractivity contribution is -0.471. The Labute approximate surface area is 188 Å². The molecule has 1 heterocycles. The molecule has 0 fully saturated rings. The molecule has 4 nitrogen and oxygen atoms in total. The Morgan fingerprint density at radius 2 is 1.72 bits per heavy atom. The highest BCUT2D eigenvalue weighted by Crippen LogP contribution is 2.43. The molecule has 5 rings (SSSR count). The third-order valence-corrected chi connectivity index (χ3v) is 6.33. The first-order valence-electron chi connectivity index (χ1n) is 11.1. The van der Waals surface area contributed by atoms with Crippen LogP contribution in [0.4, 0.5) is 5.69 Å². The Morgan fingerprint density at radius 3 is 2.47 bits per heavy atom. The summed E-state index contributed by atoms with van der Waals surface area (Å²) in [7, 11) is 0. The summed E-state index contributed by atoms with van der Waals surface area (Å²) in [5.74, 6) is -0.896. The van der Waals surface area contributed by atoms with Crippen LogP contribution in [-0.4, -0.2) is 28.0 Å². The van der Waals surface area contributed by atoms with Crippen molar-refractivity contribution in [3.05, 3.63) is 113 Å². The Balaban J connectivity index is 1.44. The largest absolute Gasteiger partial charge is 0.478 e. The van der Waals surface area contributed by atoms with Gasteiger partial charge in [0.15, 0.2) is 6.21 Å². The first-order valence-corrected chi connectivity index (χ1v) is 11.1. The highest BCUT2D eigenvalue weighted by molar-refractivity contribution is 5.88. The lowest BCUT2D eigenvalue weighted by Crippen LogP contribution is -2.20. The molecule has 4 heteroatoms. The van der Waals surface area contributed by atoms with Gasteiger partial charge in [0.1, 0.15) is 0 Å². The van der Waals surface area contributed by atoms with Crippen molar-refractivity contribution in [2.24, 2.45) is 0 Å². The average molecular weight is 425 g/mol. The van der Waals surface area contributed by atoms with Gasteiger partial charge < -0.3 is 9.84 Å². The number of aromatic carboxylic acids is 1. The minimum atomic E-state index is -0.896. The van der Waals surface area contributed by atoms with E-state index in [4.69, 9.17) is 4.74 Å². The predicted octanol–water partition coefficient (Wildman–Crippen LogP) is 5.92. The van der Waals surface area contributed by atoms with Crippen LogP contribution in [0.2, 0.25) is 0 Å². The van der Waals surface area contributed by atoms with Crippen molar-refractivity contribution in [2.75, 3.05) is 0 Å². The van der Waals surface area contributed by atoms with Gasteiger partial charge in [-0.25, -0.2) is 4.79 Å². The normalized spacial score (nSPS) is 20.1. The van der Waals surface area contributed by atoms with Crippen molar-refractivity contribution in [2.45, 2.75) is 38.0 Å². The number of hydrogen-bond donors (Lipinski definition) is 1. The zero-order valence-corrected chi connectivity index (χ0v) is 17.9. The van der Waals surface area contributed by atoms with E-state index in [1.54, 1.807) is 6.07 Å². The van der Waals surface area contributed by atoms with Crippen molar-refractivity contribution in [3.63, 3.8) is 0 Å². The Morgan fingerprint density at radius 1 is 0.969 bits per heavy atom. The summed E-state index contributed by atoms with van der Waals surface area (Å²) in [6.07, 6.45) is 5.21. The van der Waals surface area contributed by atoms with Gasteiger partial charge in [-0.05, 0) is 30.5 Å². The molecule has 1 N–H and O–H groups in total. The van der Waals surface area contributed by atoms with Gasteiger partial charge >= 0.3 is 5.97 Å². The van der Waals surface area contributed by atoms with Crippen LogP contribution in [0.3, 0.4) is 0 Å². The molecule has 0 aromatic heterocycles. The van der Waals surface area contributed by atoms with Crippen LogP contribution in [-0.2, 0) is 11.3 Å². The summed E-state index contributed by atoms with van der Waals surface area (Å²) in [6, 6.07) is 27.9. The number of ether oxygens (including phenoxy) is 1. The maximum absolute atomic E-state index is 11.6. The van der Waals surface area contributed by atoms with E-state index in [1.165, 1.54) is 16.7 Å². The summed E-state index contributed by atoms with van der Waals surface area (Å²) in [4.78, 5) is 11.6. The fourth-order valence-electron chi connectivity index (χ4n) is 4.77. The van der Waals surface area contributed by atoms with Gasteiger partial charge in [-0.3, -0.25) is 0 Å². The maximum Gasteiger partial charge on any atom is 0.335 e. The molecular weight excluding hydrogens is 398 g/mol. The number of carbonyl (C=O) groups is 1. The van der Waals surface area contributed by atoms with Crippen molar-refractivity contribution in [1.29, 1.82) is 0 Å². The van der Waals surface area contributed by atoms with E-state index in [2.05, 4.69) is 35.1 Å². The highest BCUT2D eigenvalue weighted by Gasteiger charge is 2.40. The molecule has 0 bridgehead atoms. The van der Waals surface area contributed by atoms with Gasteiger partial charge in [-0.15, -0.1) is 0 Å². The van der Waals surface area contributed by atoms with Crippen LogP contribution < -0.4 is 0 Å². The standard InChI is InChI=1S/C28H25NO3/c30-28(31)22-11-7-10-21(16-22)27-26-15-14-25(32-19-20-8-3-1-4-9-20)17-23(26)18-29(27)24-12-5-2-6-13-24/h1-13,16,18,25,27H,14-15,17,19H2/p+1. The zero-order chi connectivity index (χ0) is 21.9. The topological polar surface area (TPSA) is 49.5 Å². The summed E-state index contributed by atoms with van der Waals surface area (Å²) < 4.78 is 8.54. The molecule has 1 aliphatic heterocycles. The van der Waals surface area contributed by atoms with Gasteiger partial charge in [0.05, 0.1) is 18.3 Å². The zero-order valence-electron chi connectivity index (χ0n) is 17.9.